The molecule has 112 valence electrons. The number of halogens is 1. The van der Waals surface area contributed by atoms with E-state index in [1.54, 1.807) is 0 Å². The van der Waals surface area contributed by atoms with Crippen LogP contribution < -0.4 is 16.8 Å². The SMILES string of the molecule is CCCCNc1ccc(-c2ccc(CN)cc2)c(Cl)c1N. The van der Waals surface area contributed by atoms with Gasteiger partial charge in [-0.3, -0.25) is 0 Å². The molecule has 3 nitrogen and oxygen atoms in total. The van der Waals surface area contributed by atoms with Gasteiger partial charge >= 0.3 is 0 Å². The second kappa shape index (κ2) is 7.34. The molecule has 0 amide bonds. The van der Waals surface area contributed by atoms with E-state index in [1.165, 1.54) is 0 Å². The summed E-state index contributed by atoms with van der Waals surface area (Å²) < 4.78 is 0. The van der Waals surface area contributed by atoms with Crippen molar-refractivity contribution < 1.29 is 0 Å². The van der Waals surface area contributed by atoms with E-state index in [-0.39, 0.29) is 0 Å². The number of unbranched alkanes of at least 4 members (excludes halogenated alkanes) is 1. The van der Waals surface area contributed by atoms with Gasteiger partial charge in [-0.2, -0.15) is 0 Å². The van der Waals surface area contributed by atoms with Crippen LogP contribution in [-0.4, -0.2) is 6.54 Å². The highest BCUT2D eigenvalue weighted by molar-refractivity contribution is 6.36. The lowest BCUT2D eigenvalue weighted by Crippen LogP contribution is -2.04. The van der Waals surface area contributed by atoms with E-state index in [0.717, 1.165) is 41.8 Å². The number of nitrogens with one attached hydrogen (secondary N) is 1. The van der Waals surface area contributed by atoms with Gasteiger partial charge in [0.15, 0.2) is 0 Å². The standard InChI is InChI=1S/C17H22ClN3/c1-2-3-10-21-15-9-8-14(16(18)17(15)20)13-6-4-12(11-19)5-7-13/h4-9,21H,2-3,10-11,19-20H2,1H3. The first-order valence-corrected chi connectivity index (χ1v) is 7.66. The molecule has 2 aromatic carbocycles. The van der Waals surface area contributed by atoms with Crippen molar-refractivity contribution in [3.05, 3.63) is 47.0 Å². The van der Waals surface area contributed by atoms with Gasteiger partial charge in [-0.15, -0.1) is 0 Å². The van der Waals surface area contributed by atoms with Crippen molar-refractivity contribution in [3.63, 3.8) is 0 Å². The Morgan fingerprint density at radius 3 is 2.43 bits per heavy atom. The van der Waals surface area contributed by atoms with E-state index in [9.17, 15) is 0 Å². The maximum atomic E-state index is 6.43. The first-order chi connectivity index (χ1) is 10.2. The molecule has 0 unspecified atom stereocenters. The maximum absolute atomic E-state index is 6.43. The molecule has 0 radical (unpaired) electrons. The maximum Gasteiger partial charge on any atom is 0.0745 e. The van der Waals surface area contributed by atoms with Gasteiger partial charge < -0.3 is 16.8 Å². The number of benzene rings is 2. The zero-order valence-corrected chi connectivity index (χ0v) is 13.1. The molecule has 0 saturated carbocycles. The van der Waals surface area contributed by atoms with Crippen LogP contribution in [0.1, 0.15) is 25.3 Å². The Labute approximate surface area is 131 Å². The van der Waals surface area contributed by atoms with Gasteiger partial charge in [0.25, 0.3) is 0 Å². The van der Waals surface area contributed by atoms with Crippen LogP contribution in [0.5, 0.6) is 0 Å². The highest BCUT2D eigenvalue weighted by Gasteiger charge is 2.10. The minimum absolute atomic E-state index is 0.538. The third-order valence-corrected chi connectivity index (χ3v) is 3.93. The third kappa shape index (κ3) is 3.69. The Hall–Kier alpha value is -1.71. The second-order valence-electron chi connectivity index (χ2n) is 5.07. The van der Waals surface area contributed by atoms with Crippen LogP contribution in [0.3, 0.4) is 0 Å². The van der Waals surface area contributed by atoms with Gasteiger partial charge in [-0.05, 0) is 23.6 Å². The van der Waals surface area contributed by atoms with Crippen molar-refractivity contribution in [3.8, 4) is 11.1 Å². The molecule has 0 fully saturated rings. The molecule has 4 heteroatoms. The number of rotatable bonds is 6. The fourth-order valence-corrected chi connectivity index (χ4v) is 2.46. The lowest BCUT2D eigenvalue weighted by atomic mass is 10.0. The van der Waals surface area contributed by atoms with Crippen molar-refractivity contribution >= 4 is 23.0 Å². The predicted molar refractivity (Wildman–Crippen MR) is 92.6 cm³/mol. The fraction of sp³-hybridized carbons (Fsp3) is 0.294. The van der Waals surface area contributed by atoms with Crippen molar-refractivity contribution in [2.45, 2.75) is 26.3 Å². The molecule has 5 N–H and O–H groups in total. The molecule has 0 aliphatic rings. The summed E-state index contributed by atoms with van der Waals surface area (Å²) in [4.78, 5) is 0. The minimum Gasteiger partial charge on any atom is -0.396 e. The van der Waals surface area contributed by atoms with Gasteiger partial charge in [-0.25, -0.2) is 0 Å². The van der Waals surface area contributed by atoms with Crippen LogP contribution in [0.15, 0.2) is 36.4 Å². The lowest BCUT2D eigenvalue weighted by molar-refractivity contribution is 0.834. The smallest absolute Gasteiger partial charge is 0.0745 e. The molecule has 0 atom stereocenters. The van der Waals surface area contributed by atoms with E-state index in [1.807, 2.05) is 36.4 Å². The third-order valence-electron chi connectivity index (χ3n) is 3.53. The highest BCUT2D eigenvalue weighted by Crippen LogP contribution is 2.37. The Morgan fingerprint density at radius 2 is 1.81 bits per heavy atom. The van der Waals surface area contributed by atoms with E-state index < -0.39 is 0 Å². The summed E-state index contributed by atoms with van der Waals surface area (Å²) in [6, 6.07) is 12.1. The van der Waals surface area contributed by atoms with E-state index >= 15 is 0 Å². The number of hydrogen-bond acceptors (Lipinski definition) is 3. The summed E-state index contributed by atoms with van der Waals surface area (Å²) in [6.07, 6.45) is 2.26. The number of anilines is 2. The Kier molecular flexibility index (Phi) is 5.48. The number of nitrogen functional groups attached to an aromatic ring is 1. The van der Waals surface area contributed by atoms with Gasteiger partial charge in [0, 0.05) is 18.7 Å². The molecule has 0 spiro atoms. The molecule has 2 aromatic rings. The quantitative estimate of drug-likeness (QED) is 0.552. The second-order valence-corrected chi connectivity index (χ2v) is 5.45. The Balaban J connectivity index is 2.26. The van der Waals surface area contributed by atoms with Crippen molar-refractivity contribution in [2.75, 3.05) is 17.6 Å². The first kappa shape index (κ1) is 15.7. The molecule has 2 rings (SSSR count). The van der Waals surface area contributed by atoms with Crippen molar-refractivity contribution in [1.29, 1.82) is 0 Å². The normalized spacial score (nSPS) is 10.6. The zero-order valence-electron chi connectivity index (χ0n) is 12.3. The predicted octanol–water partition coefficient (Wildman–Crippen LogP) is 4.26. The molecule has 0 heterocycles. The molecule has 0 aliphatic heterocycles. The summed E-state index contributed by atoms with van der Waals surface area (Å²) in [5, 5.41) is 3.92. The van der Waals surface area contributed by atoms with Crippen LogP contribution in [0, 0.1) is 0 Å². The van der Waals surface area contributed by atoms with Crippen molar-refractivity contribution in [2.24, 2.45) is 5.73 Å². The molecular weight excluding hydrogens is 282 g/mol. The van der Waals surface area contributed by atoms with E-state index in [4.69, 9.17) is 23.1 Å². The monoisotopic (exact) mass is 303 g/mol. The van der Waals surface area contributed by atoms with Crippen LogP contribution in [0.2, 0.25) is 5.02 Å². The average Bonchev–Trinajstić information content (AvgIpc) is 2.52. The summed E-state index contributed by atoms with van der Waals surface area (Å²) in [7, 11) is 0. The number of hydrogen-bond donors (Lipinski definition) is 3. The highest BCUT2D eigenvalue weighted by atomic mass is 35.5. The average molecular weight is 304 g/mol. The lowest BCUT2D eigenvalue weighted by Gasteiger charge is -2.13. The summed E-state index contributed by atoms with van der Waals surface area (Å²) in [5.41, 5.74) is 16.4. The van der Waals surface area contributed by atoms with Gasteiger partial charge in [0.2, 0.25) is 0 Å². The van der Waals surface area contributed by atoms with Crippen LogP contribution in [0.4, 0.5) is 11.4 Å². The van der Waals surface area contributed by atoms with Crippen molar-refractivity contribution in [1.82, 2.24) is 0 Å². The summed E-state index contributed by atoms with van der Waals surface area (Å²) in [5.74, 6) is 0. The summed E-state index contributed by atoms with van der Waals surface area (Å²) in [6.45, 7) is 3.60. The zero-order chi connectivity index (χ0) is 15.2. The fourth-order valence-electron chi connectivity index (χ4n) is 2.19. The largest absolute Gasteiger partial charge is 0.396 e. The van der Waals surface area contributed by atoms with Crippen LogP contribution in [0.25, 0.3) is 11.1 Å². The van der Waals surface area contributed by atoms with Gasteiger partial charge in [-0.1, -0.05) is 55.3 Å². The molecule has 0 bridgehead atoms. The van der Waals surface area contributed by atoms with Crippen LogP contribution >= 0.6 is 11.6 Å². The molecule has 0 aromatic heterocycles. The van der Waals surface area contributed by atoms with Gasteiger partial charge in [0.05, 0.1) is 16.4 Å². The number of nitrogens with two attached hydrogens (primary N) is 2. The Morgan fingerprint density at radius 1 is 1.10 bits per heavy atom. The summed E-state index contributed by atoms with van der Waals surface area (Å²) >= 11 is 6.43. The topological polar surface area (TPSA) is 64.1 Å². The minimum atomic E-state index is 0.538. The first-order valence-electron chi connectivity index (χ1n) is 7.28. The van der Waals surface area contributed by atoms with Gasteiger partial charge in [0.1, 0.15) is 0 Å². The molecular formula is C17H22ClN3. The van der Waals surface area contributed by atoms with E-state index in [0.29, 0.717) is 17.3 Å². The molecule has 21 heavy (non-hydrogen) atoms. The van der Waals surface area contributed by atoms with E-state index in [2.05, 4.69) is 12.2 Å². The van der Waals surface area contributed by atoms with Crippen LogP contribution in [-0.2, 0) is 6.54 Å². The molecule has 0 saturated heterocycles. The molecule has 0 aliphatic carbocycles. The Bertz CT molecular complexity index is 594.